The van der Waals surface area contributed by atoms with E-state index in [1.165, 1.54) is 0 Å². The number of fused-ring (bicyclic) bond motifs is 1. The Balaban J connectivity index is 1.26. The van der Waals surface area contributed by atoms with Crippen LogP contribution in [-0.4, -0.2) is 61.7 Å². The third kappa shape index (κ3) is 2.88. The summed E-state index contributed by atoms with van der Waals surface area (Å²) in [7, 11) is 0. The van der Waals surface area contributed by atoms with Crippen LogP contribution in [-0.2, 0) is 10.3 Å². The molecule has 3 aliphatic rings. The maximum atomic E-state index is 12.7. The Morgan fingerprint density at radius 2 is 2.03 bits per heavy atom. The zero-order valence-electron chi connectivity index (χ0n) is 16.7. The minimum absolute atomic E-state index is 0.0770. The van der Waals surface area contributed by atoms with E-state index in [2.05, 4.69) is 15.0 Å². The van der Waals surface area contributed by atoms with Crippen molar-refractivity contribution in [3.63, 3.8) is 0 Å². The number of carbonyl (C=O) groups excluding carboxylic acids is 1. The molecule has 8 nitrogen and oxygen atoms in total. The number of aromatic nitrogens is 5. The number of nitrogens with zero attached hydrogens (tertiary/aromatic N) is 6. The summed E-state index contributed by atoms with van der Waals surface area (Å²) in [5, 5.41) is 5.03. The number of carbonyl (C=O) groups is 1. The molecule has 9 heteroatoms. The second-order valence-electron chi connectivity index (χ2n) is 8.72. The van der Waals surface area contributed by atoms with Crippen LogP contribution in [0.3, 0.4) is 0 Å². The highest BCUT2D eigenvalue weighted by atomic mass is 35.5. The Bertz CT molecular complexity index is 1110. The van der Waals surface area contributed by atoms with Gasteiger partial charge in [0.05, 0.1) is 17.1 Å². The smallest absolute Gasteiger partial charge is 0.227 e. The maximum Gasteiger partial charge on any atom is 0.227 e. The average molecular weight is 426 g/mol. The zero-order valence-corrected chi connectivity index (χ0v) is 17.5. The first-order valence-electron chi connectivity index (χ1n) is 10.7. The highest BCUT2D eigenvalue weighted by Crippen LogP contribution is 2.48. The molecule has 0 aromatic carbocycles. The number of likely N-dealkylation sites (tertiary alicyclic amines) is 1. The third-order valence-electron chi connectivity index (χ3n) is 6.74. The van der Waals surface area contributed by atoms with Gasteiger partial charge in [0.2, 0.25) is 5.91 Å². The molecule has 1 aliphatic carbocycles. The molecule has 30 heavy (non-hydrogen) atoms. The third-order valence-corrected chi connectivity index (χ3v) is 6.94. The second kappa shape index (κ2) is 6.70. The predicted molar refractivity (Wildman–Crippen MR) is 114 cm³/mol. The van der Waals surface area contributed by atoms with Gasteiger partial charge in [-0.2, -0.15) is 5.10 Å². The molecule has 5 heterocycles. The van der Waals surface area contributed by atoms with Gasteiger partial charge in [0, 0.05) is 32.4 Å². The lowest BCUT2D eigenvalue weighted by Crippen LogP contribution is -2.49. The van der Waals surface area contributed by atoms with Crippen molar-refractivity contribution in [3.8, 4) is 0 Å². The van der Waals surface area contributed by atoms with Crippen molar-refractivity contribution < 1.29 is 4.79 Å². The van der Waals surface area contributed by atoms with E-state index < -0.39 is 0 Å². The van der Waals surface area contributed by atoms with E-state index >= 15 is 0 Å². The lowest BCUT2D eigenvalue weighted by molar-refractivity contribution is -0.139. The van der Waals surface area contributed by atoms with Gasteiger partial charge < -0.3 is 14.8 Å². The fourth-order valence-electron chi connectivity index (χ4n) is 4.69. The number of hydrogen-bond donors (Lipinski definition) is 1. The number of aromatic amines is 1. The minimum atomic E-state index is -0.242. The fourth-order valence-corrected chi connectivity index (χ4v) is 4.83. The van der Waals surface area contributed by atoms with Gasteiger partial charge in [0.25, 0.3) is 0 Å². The van der Waals surface area contributed by atoms with Crippen molar-refractivity contribution in [2.45, 2.75) is 37.6 Å². The van der Waals surface area contributed by atoms with E-state index in [9.17, 15) is 4.79 Å². The molecule has 1 saturated carbocycles. The molecule has 3 fully saturated rings. The molecule has 2 saturated heterocycles. The van der Waals surface area contributed by atoms with Gasteiger partial charge >= 0.3 is 0 Å². The van der Waals surface area contributed by atoms with Crippen LogP contribution in [0.25, 0.3) is 11.2 Å². The fraction of sp³-hybridized carbons (Fsp3) is 0.524. The summed E-state index contributed by atoms with van der Waals surface area (Å²) in [6.45, 7) is 3.50. The molecule has 0 unspecified atom stereocenters. The molecule has 1 atom stereocenters. The average Bonchev–Trinajstić information content (AvgIpc) is 3.22. The van der Waals surface area contributed by atoms with Crippen molar-refractivity contribution in [2.75, 3.05) is 31.1 Å². The Morgan fingerprint density at radius 1 is 1.17 bits per heavy atom. The molecular formula is C21H24ClN7O. The van der Waals surface area contributed by atoms with Crippen LogP contribution in [0.5, 0.6) is 0 Å². The lowest BCUT2D eigenvalue weighted by Gasteiger charge is -2.38. The van der Waals surface area contributed by atoms with Crippen molar-refractivity contribution in [1.29, 1.82) is 0 Å². The van der Waals surface area contributed by atoms with Crippen LogP contribution in [0.15, 0.2) is 24.5 Å². The number of imidazole rings is 1. The Labute approximate surface area is 179 Å². The molecule has 156 valence electrons. The summed E-state index contributed by atoms with van der Waals surface area (Å²) in [5.41, 5.74) is 1.39. The van der Waals surface area contributed by atoms with Crippen LogP contribution < -0.4 is 4.90 Å². The standard InChI is InChI=1S/C21H24ClN7O/c22-15-11-23-29(13-15)21(6-7-21)20-24-16-4-5-17(25-18(16)26-20)28-8-1-3-14(12-28)19(30)27-9-2-10-27/h4-5,11,13-14H,1-3,6-10,12H2,(H,24,25,26)/t14-/m1/s1. The van der Waals surface area contributed by atoms with E-state index in [-0.39, 0.29) is 11.5 Å². The molecule has 2 aliphatic heterocycles. The van der Waals surface area contributed by atoms with E-state index in [1.807, 2.05) is 27.9 Å². The molecule has 3 aromatic rings. The molecule has 0 spiro atoms. The second-order valence-corrected chi connectivity index (χ2v) is 9.16. The van der Waals surface area contributed by atoms with Crippen molar-refractivity contribution >= 4 is 34.5 Å². The van der Waals surface area contributed by atoms with Gasteiger partial charge in [-0.05, 0) is 44.2 Å². The molecule has 0 radical (unpaired) electrons. The number of nitrogens with one attached hydrogen (secondary N) is 1. The van der Waals surface area contributed by atoms with E-state index in [4.69, 9.17) is 21.6 Å². The number of H-pyrrole nitrogens is 1. The molecule has 6 rings (SSSR count). The Hall–Kier alpha value is -2.61. The number of hydrogen-bond acceptors (Lipinski definition) is 5. The van der Waals surface area contributed by atoms with Crippen LogP contribution in [0.2, 0.25) is 5.02 Å². The molecule has 0 bridgehead atoms. The van der Waals surface area contributed by atoms with Gasteiger partial charge in [-0.25, -0.2) is 9.97 Å². The van der Waals surface area contributed by atoms with Crippen molar-refractivity contribution in [3.05, 3.63) is 35.4 Å². The monoisotopic (exact) mass is 425 g/mol. The lowest BCUT2D eigenvalue weighted by atomic mass is 9.95. The highest BCUT2D eigenvalue weighted by molar-refractivity contribution is 6.30. The summed E-state index contributed by atoms with van der Waals surface area (Å²) in [5.74, 6) is 2.18. The first-order chi connectivity index (χ1) is 14.6. The van der Waals surface area contributed by atoms with Crippen molar-refractivity contribution in [2.24, 2.45) is 5.92 Å². The number of halogens is 1. The molecule has 3 aromatic heterocycles. The quantitative estimate of drug-likeness (QED) is 0.695. The van der Waals surface area contributed by atoms with Gasteiger partial charge in [-0.1, -0.05) is 11.6 Å². The van der Waals surface area contributed by atoms with E-state index in [0.29, 0.717) is 10.9 Å². The summed E-state index contributed by atoms with van der Waals surface area (Å²) in [6, 6.07) is 4.04. The molecule has 1 N–H and O–H groups in total. The number of pyridine rings is 1. The van der Waals surface area contributed by atoms with Crippen LogP contribution in [0.1, 0.15) is 37.9 Å². The van der Waals surface area contributed by atoms with Gasteiger partial charge in [0.15, 0.2) is 5.65 Å². The van der Waals surface area contributed by atoms with Crippen LogP contribution in [0.4, 0.5) is 5.82 Å². The van der Waals surface area contributed by atoms with Crippen LogP contribution >= 0.6 is 11.6 Å². The summed E-state index contributed by atoms with van der Waals surface area (Å²) in [6.07, 6.45) is 8.58. The number of rotatable bonds is 4. The van der Waals surface area contributed by atoms with E-state index in [0.717, 1.165) is 81.1 Å². The summed E-state index contributed by atoms with van der Waals surface area (Å²) < 4.78 is 1.91. The van der Waals surface area contributed by atoms with E-state index in [1.54, 1.807) is 6.20 Å². The predicted octanol–water partition coefficient (Wildman–Crippen LogP) is 2.79. The van der Waals surface area contributed by atoms with Crippen molar-refractivity contribution in [1.82, 2.24) is 29.6 Å². The molecule has 1 amide bonds. The Morgan fingerprint density at radius 3 is 2.73 bits per heavy atom. The topological polar surface area (TPSA) is 82.9 Å². The summed E-state index contributed by atoms with van der Waals surface area (Å²) in [4.78, 5) is 30.0. The largest absolute Gasteiger partial charge is 0.356 e. The first-order valence-corrected chi connectivity index (χ1v) is 11.1. The normalized spacial score (nSPS) is 22.9. The minimum Gasteiger partial charge on any atom is -0.356 e. The first kappa shape index (κ1) is 18.2. The summed E-state index contributed by atoms with van der Waals surface area (Å²) >= 11 is 6.07. The Kier molecular flexibility index (Phi) is 4.06. The SMILES string of the molecule is O=C([C@@H]1CCCN(c2ccc3nc(C4(n5cc(Cl)cn5)CC4)[nH]c3n2)C1)N1CCC1. The van der Waals surface area contributed by atoms with Crippen LogP contribution in [0, 0.1) is 5.92 Å². The van der Waals surface area contributed by atoms with Gasteiger partial charge in [-0.15, -0.1) is 0 Å². The zero-order chi connectivity index (χ0) is 20.3. The number of piperidine rings is 1. The maximum absolute atomic E-state index is 12.7. The van der Waals surface area contributed by atoms with Gasteiger partial charge in [-0.3, -0.25) is 9.48 Å². The number of amides is 1. The highest BCUT2D eigenvalue weighted by Gasteiger charge is 2.50. The molecular weight excluding hydrogens is 402 g/mol. The number of anilines is 1. The van der Waals surface area contributed by atoms with Gasteiger partial charge in [0.1, 0.15) is 22.7 Å².